The van der Waals surface area contributed by atoms with Crippen LogP contribution in [-0.4, -0.2) is 0 Å². The van der Waals surface area contributed by atoms with E-state index in [-0.39, 0.29) is 5.41 Å². The molecule has 1 heterocycles. The van der Waals surface area contributed by atoms with Crippen LogP contribution in [0.25, 0.3) is 11.1 Å². The Morgan fingerprint density at radius 3 is 1.40 bits per heavy atom. The van der Waals surface area contributed by atoms with Crippen LogP contribution in [0.1, 0.15) is 69.5 Å². The molecule has 1 heteroatoms. The molecule has 6 aromatic carbocycles. The van der Waals surface area contributed by atoms with Gasteiger partial charge >= 0.3 is 0 Å². The predicted molar refractivity (Wildman–Crippen MR) is 178 cm³/mol. The molecule has 3 aliphatic rings. The molecule has 2 spiro atoms. The van der Waals surface area contributed by atoms with Gasteiger partial charge in [0, 0.05) is 9.79 Å². The van der Waals surface area contributed by atoms with Crippen LogP contribution in [-0.2, 0) is 23.7 Å². The van der Waals surface area contributed by atoms with E-state index in [4.69, 9.17) is 0 Å². The van der Waals surface area contributed by atoms with Gasteiger partial charge < -0.3 is 0 Å². The summed E-state index contributed by atoms with van der Waals surface area (Å²) in [5.41, 5.74) is 16.0. The number of hydrogen-bond donors (Lipinski definition) is 0. The van der Waals surface area contributed by atoms with Crippen molar-refractivity contribution in [1.82, 2.24) is 0 Å². The summed E-state index contributed by atoms with van der Waals surface area (Å²) < 4.78 is 0. The standard InChI is InChI=1S/C42H32S/c1-3-27-25-28(4-2)40-38(26-27)42(37-23-13-14-24-39(37)43-40)35-21-11-9-19-33(35)41(34-20-10-12-22-36(34)42)31-17-7-5-15-29(31)30-16-6-8-18-32(30)41/h5-26H,3-4H2,1-2H3. The summed E-state index contributed by atoms with van der Waals surface area (Å²) in [5, 5.41) is 0. The molecule has 0 saturated heterocycles. The Labute approximate surface area is 258 Å². The second-order valence-corrected chi connectivity index (χ2v) is 13.2. The largest absolute Gasteiger partial charge is 0.0891 e. The fourth-order valence-corrected chi connectivity index (χ4v) is 10.1. The van der Waals surface area contributed by atoms with Gasteiger partial charge in [-0.15, -0.1) is 0 Å². The van der Waals surface area contributed by atoms with Crippen LogP contribution in [0.15, 0.2) is 143 Å². The van der Waals surface area contributed by atoms with Gasteiger partial charge in [0.25, 0.3) is 0 Å². The van der Waals surface area contributed by atoms with E-state index in [0.29, 0.717) is 0 Å². The molecule has 2 aliphatic carbocycles. The average molecular weight is 569 g/mol. The van der Waals surface area contributed by atoms with Gasteiger partial charge in [-0.1, -0.05) is 153 Å². The Hall–Kier alpha value is -4.33. The molecule has 0 nitrogen and oxygen atoms in total. The van der Waals surface area contributed by atoms with E-state index in [1.54, 1.807) is 0 Å². The molecule has 0 bridgehead atoms. The maximum absolute atomic E-state index is 2.54. The lowest BCUT2D eigenvalue weighted by Crippen LogP contribution is -2.46. The maximum Gasteiger partial charge on any atom is 0.0730 e. The number of benzene rings is 6. The quantitative estimate of drug-likeness (QED) is 0.200. The summed E-state index contributed by atoms with van der Waals surface area (Å²) >= 11 is 1.97. The first-order chi connectivity index (χ1) is 21.2. The Morgan fingerprint density at radius 1 is 0.442 bits per heavy atom. The zero-order valence-electron chi connectivity index (χ0n) is 24.5. The van der Waals surface area contributed by atoms with Crippen LogP contribution in [0, 0.1) is 0 Å². The van der Waals surface area contributed by atoms with Gasteiger partial charge in [-0.25, -0.2) is 0 Å². The zero-order valence-corrected chi connectivity index (χ0v) is 25.3. The van der Waals surface area contributed by atoms with Gasteiger partial charge in [-0.2, -0.15) is 0 Å². The van der Waals surface area contributed by atoms with Gasteiger partial charge in [-0.3, -0.25) is 0 Å². The van der Waals surface area contributed by atoms with E-state index in [2.05, 4.69) is 147 Å². The molecule has 9 rings (SSSR count). The van der Waals surface area contributed by atoms with Crippen molar-refractivity contribution in [1.29, 1.82) is 0 Å². The van der Waals surface area contributed by atoms with E-state index < -0.39 is 5.41 Å². The Kier molecular flexibility index (Phi) is 5.32. The van der Waals surface area contributed by atoms with Crippen LogP contribution in [0.4, 0.5) is 0 Å². The number of hydrogen-bond acceptors (Lipinski definition) is 1. The Bertz CT molecular complexity index is 2000. The Balaban J connectivity index is 1.53. The SMILES string of the molecule is CCc1cc(CC)c2c(c1)C1(c3ccccc3S2)c2ccccc2C2(c3ccccc3-c3ccccc32)c2ccccc21. The highest BCUT2D eigenvalue weighted by Gasteiger charge is 2.58. The van der Waals surface area contributed by atoms with Crippen LogP contribution < -0.4 is 0 Å². The van der Waals surface area contributed by atoms with Crippen molar-refractivity contribution in [2.45, 2.75) is 47.3 Å². The van der Waals surface area contributed by atoms with E-state index >= 15 is 0 Å². The Morgan fingerprint density at radius 2 is 0.884 bits per heavy atom. The molecule has 206 valence electrons. The van der Waals surface area contributed by atoms with Crippen molar-refractivity contribution in [3.05, 3.63) is 189 Å². The van der Waals surface area contributed by atoms with Gasteiger partial charge in [0.05, 0.1) is 10.8 Å². The first kappa shape index (κ1) is 25.2. The summed E-state index contributed by atoms with van der Waals surface area (Å²) in [6, 6.07) is 51.2. The van der Waals surface area contributed by atoms with Crippen LogP contribution in [0.3, 0.4) is 0 Å². The normalized spacial score (nSPS) is 15.7. The minimum Gasteiger partial charge on any atom is -0.0891 e. The van der Waals surface area contributed by atoms with Gasteiger partial charge in [-0.05, 0) is 85.7 Å². The van der Waals surface area contributed by atoms with Crippen molar-refractivity contribution in [3.63, 3.8) is 0 Å². The molecule has 0 amide bonds. The van der Waals surface area contributed by atoms with Crippen molar-refractivity contribution < 1.29 is 0 Å². The van der Waals surface area contributed by atoms with Crippen LogP contribution in [0.2, 0.25) is 0 Å². The number of fused-ring (bicyclic) bond motifs is 15. The summed E-state index contributed by atoms with van der Waals surface area (Å²) in [4.78, 5) is 2.80. The fourth-order valence-electron chi connectivity index (χ4n) is 8.70. The van der Waals surface area contributed by atoms with Crippen LogP contribution in [0.5, 0.6) is 0 Å². The first-order valence-electron chi connectivity index (χ1n) is 15.6. The summed E-state index contributed by atoms with van der Waals surface area (Å²) in [5.74, 6) is 0. The van der Waals surface area contributed by atoms with E-state index in [1.165, 1.54) is 76.6 Å². The van der Waals surface area contributed by atoms with Crippen molar-refractivity contribution >= 4 is 11.8 Å². The maximum atomic E-state index is 2.54. The molecule has 0 fully saturated rings. The minimum absolute atomic E-state index is 0.388. The van der Waals surface area contributed by atoms with E-state index in [0.717, 1.165) is 12.8 Å². The van der Waals surface area contributed by atoms with E-state index in [1.807, 2.05) is 11.8 Å². The molecule has 43 heavy (non-hydrogen) atoms. The third-order valence-electron chi connectivity index (χ3n) is 10.3. The highest BCUT2D eigenvalue weighted by molar-refractivity contribution is 7.99. The van der Waals surface area contributed by atoms with E-state index in [9.17, 15) is 0 Å². The van der Waals surface area contributed by atoms with Crippen molar-refractivity contribution in [2.24, 2.45) is 0 Å². The van der Waals surface area contributed by atoms with Gasteiger partial charge in [0.15, 0.2) is 0 Å². The van der Waals surface area contributed by atoms with Gasteiger partial charge in [0.2, 0.25) is 0 Å². The third-order valence-corrected chi connectivity index (χ3v) is 11.6. The molecule has 0 aromatic heterocycles. The summed E-state index contributed by atoms with van der Waals surface area (Å²) in [6.07, 6.45) is 2.05. The third kappa shape index (κ3) is 2.99. The van der Waals surface area contributed by atoms with Gasteiger partial charge in [0.1, 0.15) is 0 Å². The molecular weight excluding hydrogens is 537 g/mol. The molecule has 0 saturated carbocycles. The van der Waals surface area contributed by atoms with Crippen molar-refractivity contribution in [3.8, 4) is 11.1 Å². The second kappa shape index (κ2) is 9.09. The molecule has 0 radical (unpaired) electrons. The number of aryl methyl sites for hydroxylation is 2. The lowest BCUT2D eigenvalue weighted by atomic mass is 9.51. The highest BCUT2D eigenvalue weighted by atomic mass is 32.2. The fraction of sp³-hybridized carbons (Fsp3) is 0.143. The number of rotatable bonds is 2. The molecule has 0 N–H and O–H groups in total. The monoisotopic (exact) mass is 568 g/mol. The molecule has 1 aliphatic heterocycles. The average Bonchev–Trinajstić information content (AvgIpc) is 3.37. The van der Waals surface area contributed by atoms with Crippen LogP contribution >= 0.6 is 11.8 Å². The summed E-state index contributed by atoms with van der Waals surface area (Å²) in [6.45, 7) is 4.61. The second-order valence-electron chi connectivity index (χ2n) is 12.1. The van der Waals surface area contributed by atoms with Crippen molar-refractivity contribution in [2.75, 3.05) is 0 Å². The smallest absolute Gasteiger partial charge is 0.0730 e. The molecule has 0 atom stereocenters. The predicted octanol–water partition coefficient (Wildman–Crippen LogP) is 10.3. The lowest BCUT2D eigenvalue weighted by Gasteiger charge is -2.52. The summed E-state index contributed by atoms with van der Waals surface area (Å²) in [7, 11) is 0. The minimum atomic E-state index is -0.419. The lowest BCUT2D eigenvalue weighted by molar-refractivity contribution is 0.603. The molecular formula is C42H32S. The highest BCUT2D eigenvalue weighted by Crippen LogP contribution is 2.67. The molecule has 6 aromatic rings. The molecule has 0 unspecified atom stereocenters. The first-order valence-corrected chi connectivity index (χ1v) is 16.4. The zero-order chi connectivity index (χ0) is 28.8. The topological polar surface area (TPSA) is 0 Å².